The van der Waals surface area contributed by atoms with Crippen LogP contribution < -0.4 is 5.26 Å². The maximum absolute atomic E-state index is 10.2. The molecule has 9 heteroatoms. The monoisotopic (exact) mass is 299 g/mol. The summed E-state index contributed by atoms with van der Waals surface area (Å²) >= 11 is 0.201. The second-order valence-corrected chi connectivity index (χ2v) is 5.85. The van der Waals surface area contributed by atoms with E-state index in [1.165, 1.54) is 0 Å². The Hall–Kier alpha value is 0.0300. The van der Waals surface area contributed by atoms with E-state index in [1.54, 1.807) is 0 Å². The van der Waals surface area contributed by atoms with Crippen molar-refractivity contribution in [1.29, 1.82) is 0 Å². The van der Waals surface area contributed by atoms with E-state index >= 15 is 0 Å². The van der Waals surface area contributed by atoms with Crippen LogP contribution in [0.25, 0.3) is 0 Å². The summed E-state index contributed by atoms with van der Waals surface area (Å²) < 4.78 is 14.4. The van der Waals surface area contributed by atoms with Gasteiger partial charge in [0.25, 0.3) is 0 Å². The highest BCUT2D eigenvalue weighted by Gasteiger charge is 2.49. The van der Waals surface area contributed by atoms with Crippen LogP contribution in [0.2, 0.25) is 0 Å². The Labute approximate surface area is 115 Å². The molecule has 1 fully saturated rings. The van der Waals surface area contributed by atoms with Gasteiger partial charge in [-0.15, -0.1) is 4.33 Å². The first-order chi connectivity index (χ1) is 8.82. The highest BCUT2D eigenvalue weighted by molar-refractivity contribution is 7.89. The van der Waals surface area contributed by atoms with E-state index in [0.717, 1.165) is 0 Å². The SMILES string of the molecule is CC(C)(C)C1OC(CO)C(O)C(OSOO[O-])C1O. The lowest BCUT2D eigenvalue weighted by Gasteiger charge is -2.46. The van der Waals surface area contributed by atoms with Crippen molar-refractivity contribution >= 4 is 12.3 Å². The predicted molar refractivity (Wildman–Crippen MR) is 61.8 cm³/mol. The minimum Gasteiger partial charge on any atom is -0.691 e. The molecule has 19 heavy (non-hydrogen) atoms. The number of aliphatic hydroxyl groups excluding tert-OH is 3. The van der Waals surface area contributed by atoms with Gasteiger partial charge in [-0.2, -0.15) is 0 Å². The zero-order chi connectivity index (χ0) is 14.6. The van der Waals surface area contributed by atoms with Crippen molar-refractivity contribution in [3.05, 3.63) is 0 Å². The number of ether oxygens (including phenoxy) is 1. The molecular weight excluding hydrogens is 280 g/mol. The fourth-order valence-electron chi connectivity index (χ4n) is 1.99. The molecule has 0 aliphatic carbocycles. The molecular formula is C10H19O8S-. The first kappa shape index (κ1) is 17.1. The van der Waals surface area contributed by atoms with Crippen LogP contribution in [0.4, 0.5) is 0 Å². The van der Waals surface area contributed by atoms with Crippen molar-refractivity contribution in [1.82, 2.24) is 0 Å². The van der Waals surface area contributed by atoms with E-state index < -0.39 is 42.5 Å². The molecule has 1 heterocycles. The van der Waals surface area contributed by atoms with E-state index in [4.69, 9.17) is 8.92 Å². The largest absolute Gasteiger partial charge is 0.691 e. The van der Waals surface area contributed by atoms with Crippen LogP contribution in [-0.2, 0) is 18.3 Å². The first-order valence-electron chi connectivity index (χ1n) is 5.74. The number of hydrogen-bond donors (Lipinski definition) is 3. The number of rotatable bonds is 5. The zero-order valence-corrected chi connectivity index (χ0v) is 11.7. The van der Waals surface area contributed by atoms with Crippen molar-refractivity contribution in [3.8, 4) is 0 Å². The van der Waals surface area contributed by atoms with Gasteiger partial charge < -0.3 is 25.3 Å². The highest BCUT2D eigenvalue weighted by Crippen LogP contribution is 2.35. The molecule has 0 aromatic heterocycles. The molecule has 0 amide bonds. The van der Waals surface area contributed by atoms with E-state index in [-0.39, 0.29) is 12.3 Å². The summed E-state index contributed by atoms with van der Waals surface area (Å²) in [5, 5.41) is 42.0. The van der Waals surface area contributed by atoms with Gasteiger partial charge in [-0.3, -0.25) is 9.22 Å². The van der Waals surface area contributed by atoms with Crippen LogP contribution in [0.3, 0.4) is 0 Å². The Morgan fingerprint density at radius 2 is 1.89 bits per heavy atom. The standard InChI is InChI=1S/C10H20O8S/c1-10(2,3)9-7(13)8(16-19-18-17-14)6(12)5(4-11)15-9/h5-9,11-14H,4H2,1-3H3/p-1. The van der Waals surface area contributed by atoms with Gasteiger partial charge in [-0.25, -0.2) is 0 Å². The third-order valence-corrected chi connectivity index (χ3v) is 3.34. The van der Waals surface area contributed by atoms with Gasteiger partial charge in [-0.05, 0) is 5.41 Å². The van der Waals surface area contributed by atoms with Gasteiger partial charge in [0, 0.05) is 0 Å². The summed E-state index contributed by atoms with van der Waals surface area (Å²) in [7, 11) is 0. The van der Waals surface area contributed by atoms with Gasteiger partial charge in [-0.1, -0.05) is 20.8 Å². The lowest BCUT2D eigenvalue weighted by atomic mass is 9.80. The molecule has 1 saturated heterocycles. The quantitative estimate of drug-likeness (QED) is 0.246. The van der Waals surface area contributed by atoms with Crippen LogP contribution in [0.5, 0.6) is 0 Å². The maximum atomic E-state index is 10.2. The second kappa shape index (κ2) is 7.16. The Balaban J connectivity index is 2.79. The summed E-state index contributed by atoms with van der Waals surface area (Å²) in [5.41, 5.74) is -0.435. The van der Waals surface area contributed by atoms with Gasteiger partial charge in [0.1, 0.15) is 24.4 Å². The third kappa shape index (κ3) is 4.25. The minimum atomic E-state index is -1.26. The fraction of sp³-hybridized carbons (Fsp3) is 1.00. The normalized spacial score (nSPS) is 36.5. The van der Waals surface area contributed by atoms with Crippen molar-refractivity contribution in [2.24, 2.45) is 5.41 Å². The fourth-order valence-corrected chi connectivity index (χ4v) is 2.36. The lowest BCUT2D eigenvalue weighted by molar-refractivity contribution is -0.777. The van der Waals surface area contributed by atoms with Crippen molar-refractivity contribution < 1.29 is 38.9 Å². The summed E-state index contributed by atoms with van der Waals surface area (Å²) in [6.07, 6.45) is -5.06. The zero-order valence-electron chi connectivity index (χ0n) is 10.9. The molecule has 0 bridgehead atoms. The Bertz CT molecular complexity index is 271. The molecule has 0 radical (unpaired) electrons. The molecule has 8 nitrogen and oxygen atoms in total. The Kier molecular flexibility index (Phi) is 6.43. The van der Waals surface area contributed by atoms with E-state index in [2.05, 4.69) is 9.37 Å². The molecule has 3 N–H and O–H groups in total. The van der Waals surface area contributed by atoms with Crippen LogP contribution >= 0.6 is 12.3 Å². The summed E-state index contributed by atoms with van der Waals surface area (Å²) in [4.78, 5) is 0. The van der Waals surface area contributed by atoms with Gasteiger partial charge in [0.2, 0.25) is 0 Å². The average Bonchev–Trinajstić information content (AvgIpc) is 2.32. The van der Waals surface area contributed by atoms with Gasteiger partial charge in [0.05, 0.1) is 12.7 Å². The van der Waals surface area contributed by atoms with Gasteiger partial charge >= 0.3 is 0 Å². The highest BCUT2D eigenvalue weighted by atomic mass is 32.2. The van der Waals surface area contributed by atoms with E-state index in [0.29, 0.717) is 0 Å². The average molecular weight is 299 g/mol. The van der Waals surface area contributed by atoms with E-state index in [9.17, 15) is 20.6 Å². The predicted octanol–water partition coefficient (Wildman–Crippen LogP) is -1.31. The number of hydrogen-bond acceptors (Lipinski definition) is 9. The topological polar surface area (TPSA) is 121 Å². The van der Waals surface area contributed by atoms with Crippen molar-refractivity contribution in [2.45, 2.75) is 51.3 Å². The molecule has 5 unspecified atom stereocenters. The van der Waals surface area contributed by atoms with E-state index in [1.807, 2.05) is 20.8 Å². The van der Waals surface area contributed by atoms with Crippen molar-refractivity contribution in [3.63, 3.8) is 0 Å². The second-order valence-electron chi connectivity index (χ2n) is 5.39. The third-order valence-electron chi connectivity index (χ3n) is 2.93. The molecule has 0 spiro atoms. The van der Waals surface area contributed by atoms with Crippen LogP contribution in [-0.4, -0.2) is 52.4 Å². The lowest BCUT2D eigenvalue weighted by Crippen LogP contribution is -2.62. The molecule has 1 aliphatic rings. The Morgan fingerprint density at radius 1 is 1.26 bits per heavy atom. The number of aliphatic hydroxyl groups is 3. The van der Waals surface area contributed by atoms with Crippen molar-refractivity contribution in [2.75, 3.05) is 6.61 Å². The minimum absolute atomic E-state index is 0.201. The summed E-state index contributed by atoms with van der Waals surface area (Å²) in [6, 6.07) is 0. The molecule has 114 valence electrons. The molecule has 0 aromatic carbocycles. The Morgan fingerprint density at radius 3 is 2.37 bits per heavy atom. The van der Waals surface area contributed by atoms with Crippen LogP contribution in [0, 0.1) is 5.41 Å². The van der Waals surface area contributed by atoms with Crippen LogP contribution in [0.1, 0.15) is 20.8 Å². The van der Waals surface area contributed by atoms with Crippen LogP contribution in [0.15, 0.2) is 0 Å². The molecule has 0 aromatic rings. The maximum Gasteiger partial charge on any atom is 0.194 e. The van der Waals surface area contributed by atoms with Gasteiger partial charge in [0.15, 0.2) is 12.3 Å². The molecule has 5 atom stereocenters. The first-order valence-corrected chi connectivity index (χ1v) is 6.40. The molecule has 1 aliphatic heterocycles. The summed E-state index contributed by atoms with van der Waals surface area (Å²) in [6.45, 7) is 5.10. The summed E-state index contributed by atoms with van der Waals surface area (Å²) in [5.74, 6) is 0. The molecule has 0 saturated carbocycles. The smallest absolute Gasteiger partial charge is 0.194 e. The molecule has 1 rings (SSSR count).